The smallest absolute Gasteiger partial charge is 0.167 e. The Morgan fingerprint density at radius 2 is 1.00 bits per heavy atom. The van der Waals surface area contributed by atoms with Gasteiger partial charge in [-0.3, -0.25) is 0 Å². The molecule has 0 N–H and O–H groups in total. The zero-order chi connectivity index (χ0) is 41.2. The monoisotopic (exact) mass is 820 g/mol. The van der Waals surface area contributed by atoms with Crippen molar-refractivity contribution in [2.24, 2.45) is 0 Å². The molecule has 0 fully saturated rings. The third-order valence-electron chi connectivity index (χ3n) is 12.8. The molecule has 0 saturated carbocycles. The lowest BCUT2D eigenvalue weighted by Crippen LogP contribution is -2.16. The molecule has 0 radical (unpaired) electrons. The molecule has 10 aromatic carbocycles. The van der Waals surface area contributed by atoms with Crippen LogP contribution in [-0.4, -0.2) is 15.0 Å². The first-order valence-electron chi connectivity index (χ1n) is 21.2. The van der Waals surface area contributed by atoms with Crippen LogP contribution >= 0.6 is 11.3 Å². The maximum Gasteiger partial charge on any atom is 0.167 e. The summed E-state index contributed by atoms with van der Waals surface area (Å²) >= 11 is 1.78. The molecule has 5 nitrogen and oxygen atoms in total. The molecule has 0 saturated heterocycles. The second kappa shape index (κ2) is 13.2. The molecule has 1 aliphatic rings. The first-order chi connectivity index (χ1) is 31.2. The van der Waals surface area contributed by atoms with Crippen molar-refractivity contribution in [2.45, 2.75) is 0 Å². The Labute approximate surface area is 364 Å². The highest BCUT2D eigenvalue weighted by Gasteiger charge is 2.30. The van der Waals surface area contributed by atoms with Gasteiger partial charge in [-0.15, -0.1) is 11.3 Å². The van der Waals surface area contributed by atoms with Crippen LogP contribution in [0, 0.1) is 0 Å². The van der Waals surface area contributed by atoms with Crippen LogP contribution in [0.1, 0.15) is 0 Å². The Hall–Kier alpha value is -8.19. The molecular formula is C57H32N4OS. The molecule has 6 heteroatoms. The van der Waals surface area contributed by atoms with E-state index in [0.717, 1.165) is 71.2 Å². The standard InChI is InChI=1S/C57H32N4OS/c1-2-15-36-32-48-45(31-35(36)14-1)40-21-9-16-34-17-10-26-46(51(34)40)61(48)47-30-29-33-13-3-4-18-37(33)52(47)57-59-55(43-24-11-22-41-38-19-5-7-27-49(38)62-53(41)43)58-56(60-57)44-25-12-23-42-39-20-6-8-28-50(39)63-54(42)44/h1-32H. The van der Waals surface area contributed by atoms with E-state index in [1.165, 1.54) is 48.1 Å². The minimum atomic E-state index is 0.550. The molecule has 0 bridgehead atoms. The van der Waals surface area contributed by atoms with Crippen molar-refractivity contribution in [3.05, 3.63) is 194 Å². The van der Waals surface area contributed by atoms with Crippen molar-refractivity contribution >= 4 is 103 Å². The lowest BCUT2D eigenvalue weighted by atomic mass is 9.88. The number of nitrogens with zero attached hydrogens (tertiary/aromatic N) is 4. The van der Waals surface area contributed by atoms with E-state index in [2.05, 4.69) is 187 Å². The van der Waals surface area contributed by atoms with Gasteiger partial charge in [0, 0.05) is 47.5 Å². The minimum absolute atomic E-state index is 0.550. The van der Waals surface area contributed by atoms with Crippen LogP contribution in [0.25, 0.3) is 120 Å². The van der Waals surface area contributed by atoms with E-state index < -0.39 is 0 Å². The van der Waals surface area contributed by atoms with E-state index in [-0.39, 0.29) is 0 Å². The largest absolute Gasteiger partial charge is 0.455 e. The van der Waals surface area contributed by atoms with Crippen molar-refractivity contribution in [1.29, 1.82) is 0 Å². The van der Waals surface area contributed by atoms with Crippen LogP contribution in [0.3, 0.4) is 0 Å². The molecule has 14 rings (SSSR count). The van der Waals surface area contributed by atoms with E-state index in [0.29, 0.717) is 17.5 Å². The van der Waals surface area contributed by atoms with Crippen LogP contribution in [-0.2, 0) is 0 Å². The summed E-state index contributed by atoms with van der Waals surface area (Å²) in [7, 11) is 0. The maximum atomic E-state index is 6.66. The normalized spacial score (nSPS) is 12.4. The summed E-state index contributed by atoms with van der Waals surface area (Å²) in [6.45, 7) is 0. The number of furan rings is 1. The molecule has 63 heavy (non-hydrogen) atoms. The summed E-state index contributed by atoms with van der Waals surface area (Å²) in [5, 5.41) is 11.4. The van der Waals surface area contributed by atoms with Crippen LogP contribution in [0.5, 0.6) is 0 Å². The first kappa shape index (κ1) is 34.5. The Morgan fingerprint density at radius 3 is 1.87 bits per heavy atom. The molecule has 292 valence electrons. The summed E-state index contributed by atoms with van der Waals surface area (Å²) < 4.78 is 9.03. The third-order valence-corrected chi connectivity index (χ3v) is 14.0. The van der Waals surface area contributed by atoms with Crippen molar-refractivity contribution in [3.63, 3.8) is 0 Å². The van der Waals surface area contributed by atoms with E-state index in [1.54, 1.807) is 11.3 Å². The van der Waals surface area contributed by atoms with E-state index in [9.17, 15) is 0 Å². The average Bonchev–Trinajstić information content (AvgIpc) is 3.92. The number of anilines is 3. The SMILES string of the molecule is c1ccc2cc3c(cc2c1)-c1cccc2cccc(c12)N3c1ccc2ccccc2c1-c1nc(-c2cccc3c2oc2ccccc23)nc(-c2cccc3c2sc2ccccc23)n1. The number of aromatic nitrogens is 3. The predicted octanol–water partition coefficient (Wildman–Crippen LogP) is 16.0. The predicted molar refractivity (Wildman–Crippen MR) is 262 cm³/mol. The highest BCUT2D eigenvalue weighted by Crippen LogP contribution is 2.54. The maximum absolute atomic E-state index is 6.66. The van der Waals surface area contributed by atoms with Crippen molar-refractivity contribution in [1.82, 2.24) is 15.0 Å². The van der Waals surface area contributed by atoms with Crippen molar-refractivity contribution < 1.29 is 4.42 Å². The van der Waals surface area contributed by atoms with Crippen LogP contribution in [0.15, 0.2) is 199 Å². The summed E-state index contributed by atoms with van der Waals surface area (Å²) in [6, 6.07) is 69.2. The van der Waals surface area contributed by atoms with Gasteiger partial charge < -0.3 is 9.32 Å². The molecule has 0 unspecified atom stereocenters. The molecule has 0 spiro atoms. The average molecular weight is 821 g/mol. The van der Waals surface area contributed by atoms with Crippen LogP contribution in [0.2, 0.25) is 0 Å². The number of hydrogen-bond acceptors (Lipinski definition) is 6. The molecule has 0 atom stereocenters. The number of benzene rings is 10. The van der Waals surface area contributed by atoms with Crippen LogP contribution in [0.4, 0.5) is 17.1 Å². The fraction of sp³-hybridized carbons (Fsp3) is 0. The van der Waals surface area contributed by atoms with Gasteiger partial charge in [0.25, 0.3) is 0 Å². The Kier molecular flexibility index (Phi) is 7.21. The highest BCUT2D eigenvalue weighted by atomic mass is 32.1. The Bertz CT molecular complexity index is 3930. The molecular weight excluding hydrogens is 789 g/mol. The second-order valence-electron chi connectivity index (χ2n) is 16.3. The summed E-state index contributed by atoms with van der Waals surface area (Å²) in [5.74, 6) is 1.74. The number of rotatable bonds is 4. The Morgan fingerprint density at radius 1 is 0.381 bits per heavy atom. The Balaban J connectivity index is 1.11. The van der Waals surface area contributed by atoms with Gasteiger partial charge in [-0.25, -0.2) is 15.0 Å². The lowest BCUT2D eigenvalue weighted by molar-refractivity contribution is 0.669. The fourth-order valence-electron chi connectivity index (χ4n) is 10.0. The van der Waals surface area contributed by atoms with Crippen LogP contribution < -0.4 is 4.90 Å². The van der Waals surface area contributed by atoms with Crippen molar-refractivity contribution in [2.75, 3.05) is 4.90 Å². The van der Waals surface area contributed by atoms with E-state index in [4.69, 9.17) is 19.4 Å². The summed E-state index contributed by atoms with van der Waals surface area (Å²) in [5.41, 5.74) is 9.88. The minimum Gasteiger partial charge on any atom is -0.455 e. The lowest BCUT2D eigenvalue weighted by Gasteiger charge is -2.35. The van der Waals surface area contributed by atoms with E-state index in [1.807, 2.05) is 12.1 Å². The van der Waals surface area contributed by atoms with Gasteiger partial charge in [-0.2, -0.15) is 0 Å². The summed E-state index contributed by atoms with van der Waals surface area (Å²) in [4.78, 5) is 19.0. The molecule has 13 aromatic rings. The molecule has 0 aliphatic carbocycles. The van der Waals surface area contributed by atoms with Gasteiger partial charge >= 0.3 is 0 Å². The van der Waals surface area contributed by atoms with Gasteiger partial charge in [0.05, 0.1) is 28.2 Å². The highest BCUT2D eigenvalue weighted by molar-refractivity contribution is 7.26. The molecule has 4 heterocycles. The van der Waals surface area contributed by atoms with E-state index >= 15 is 0 Å². The third kappa shape index (κ3) is 5.07. The van der Waals surface area contributed by atoms with Gasteiger partial charge in [0.1, 0.15) is 11.2 Å². The number of hydrogen-bond donors (Lipinski definition) is 0. The number of fused-ring (bicyclic) bond motifs is 10. The van der Waals surface area contributed by atoms with Gasteiger partial charge in [0.15, 0.2) is 17.5 Å². The van der Waals surface area contributed by atoms with Crippen molar-refractivity contribution in [3.8, 4) is 45.3 Å². The molecule has 3 aromatic heterocycles. The van der Waals surface area contributed by atoms with Gasteiger partial charge in [0.2, 0.25) is 0 Å². The number of para-hydroxylation sites is 2. The molecule has 1 aliphatic heterocycles. The first-order valence-corrected chi connectivity index (χ1v) is 22.0. The summed E-state index contributed by atoms with van der Waals surface area (Å²) in [6.07, 6.45) is 0. The molecule has 0 amide bonds. The zero-order valence-corrected chi connectivity index (χ0v) is 34.4. The van der Waals surface area contributed by atoms with Gasteiger partial charge in [-0.05, 0) is 81.0 Å². The quantitative estimate of drug-likeness (QED) is 0.177. The number of thiophene rings is 1. The fourth-order valence-corrected chi connectivity index (χ4v) is 11.2. The van der Waals surface area contributed by atoms with Gasteiger partial charge in [-0.1, -0.05) is 146 Å². The topological polar surface area (TPSA) is 55.1 Å². The zero-order valence-electron chi connectivity index (χ0n) is 33.6. The second-order valence-corrected chi connectivity index (χ2v) is 17.3.